The Morgan fingerprint density at radius 1 is 1.27 bits per heavy atom. The van der Waals surface area contributed by atoms with E-state index < -0.39 is 6.10 Å². The summed E-state index contributed by atoms with van der Waals surface area (Å²) in [4.78, 5) is 27.6. The summed E-state index contributed by atoms with van der Waals surface area (Å²) >= 11 is 1.25. The summed E-state index contributed by atoms with van der Waals surface area (Å²) in [5, 5.41) is 4.82. The van der Waals surface area contributed by atoms with Crippen LogP contribution >= 0.6 is 11.3 Å². The smallest absolute Gasteiger partial charge is 0.311 e. The van der Waals surface area contributed by atoms with Crippen molar-refractivity contribution in [3.8, 4) is 0 Å². The van der Waals surface area contributed by atoms with E-state index in [9.17, 15) is 9.59 Å². The first kappa shape index (κ1) is 16.1. The Bertz CT molecular complexity index is 642. The third kappa shape index (κ3) is 4.12. The van der Waals surface area contributed by atoms with Crippen molar-refractivity contribution in [2.24, 2.45) is 0 Å². The third-order valence-corrected chi connectivity index (χ3v) is 3.72. The largest absolute Gasteiger partial charge is 0.469 e. The molecule has 1 atom stereocenters. The van der Waals surface area contributed by atoms with Gasteiger partial charge in [-0.05, 0) is 5.56 Å². The predicted molar refractivity (Wildman–Crippen MR) is 82.7 cm³/mol. The van der Waals surface area contributed by atoms with Gasteiger partial charge in [0.15, 0.2) is 11.2 Å². The van der Waals surface area contributed by atoms with Crippen LogP contribution in [0.5, 0.6) is 0 Å². The highest BCUT2D eigenvalue weighted by molar-refractivity contribution is 7.13. The van der Waals surface area contributed by atoms with E-state index in [1.165, 1.54) is 25.6 Å². The Labute approximate surface area is 132 Å². The summed E-state index contributed by atoms with van der Waals surface area (Å²) in [5.41, 5.74) is 1.31. The van der Waals surface area contributed by atoms with Gasteiger partial charge in [0.1, 0.15) is 0 Å². The maximum absolute atomic E-state index is 12.3. The van der Waals surface area contributed by atoms with Crippen LogP contribution in [0.4, 0.5) is 5.13 Å². The highest BCUT2D eigenvalue weighted by Gasteiger charge is 2.21. The number of esters is 1. The fourth-order valence-electron chi connectivity index (χ4n) is 1.86. The van der Waals surface area contributed by atoms with Crippen LogP contribution in [0.2, 0.25) is 0 Å². The van der Waals surface area contributed by atoms with Gasteiger partial charge in [0, 0.05) is 12.5 Å². The molecule has 0 fully saturated rings. The molecule has 0 radical (unpaired) electrons. The van der Waals surface area contributed by atoms with Crippen LogP contribution < -0.4 is 5.32 Å². The van der Waals surface area contributed by atoms with Gasteiger partial charge in [-0.3, -0.25) is 14.9 Å². The molecule has 1 heterocycles. The van der Waals surface area contributed by atoms with Crippen molar-refractivity contribution >= 4 is 28.3 Å². The van der Waals surface area contributed by atoms with E-state index in [2.05, 4.69) is 15.0 Å². The lowest BCUT2D eigenvalue weighted by molar-refractivity contribution is -0.139. The number of nitrogens with one attached hydrogen (secondary N) is 1. The van der Waals surface area contributed by atoms with Gasteiger partial charge >= 0.3 is 5.97 Å². The molecule has 2 rings (SSSR count). The second kappa shape index (κ2) is 7.67. The zero-order valence-corrected chi connectivity index (χ0v) is 13.1. The van der Waals surface area contributed by atoms with E-state index in [0.29, 0.717) is 10.8 Å². The van der Waals surface area contributed by atoms with Crippen LogP contribution in [-0.2, 0) is 25.5 Å². The van der Waals surface area contributed by atoms with Gasteiger partial charge in [-0.25, -0.2) is 4.98 Å². The van der Waals surface area contributed by atoms with Gasteiger partial charge < -0.3 is 9.47 Å². The maximum atomic E-state index is 12.3. The van der Waals surface area contributed by atoms with Gasteiger partial charge in [-0.15, -0.1) is 11.3 Å². The zero-order valence-electron chi connectivity index (χ0n) is 12.2. The predicted octanol–water partition coefficient (Wildman–Crippen LogP) is 2.18. The number of carbonyl (C=O) groups is 2. The molecule has 6 nitrogen and oxygen atoms in total. The molecule has 116 valence electrons. The van der Waals surface area contributed by atoms with Gasteiger partial charge in [-0.2, -0.15) is 0 Å². The third-order valence-electron chi connectivity index (χ3n) is 2.91. The van der Waals surface area contributed by atoms with Crippen LogP contribution in [0, 0.1) is 0 Å². The van der Waals surface area contributed by atoms with Crippen LogP contribution in [-0.4, -0.2) is 31.1 Å². The number of methoxy groups -OCH3 is 2. The van der Waals surface area contributed by atoms with E-state index in [0.717, 1.165) is 5.56 Å². The minimum absolute atomic E-state index is 0.0786. The minimum Gasteiger partial charge on any atom is -0.469 e. The summed E-state index contributed by atoms with van der Waals surface area (Å²) in [5.74, 6) is -0.685. The fraction of sp³-hybridized carbons (Fsp3) is 0.267. The molecule has 0 aliphatic heterocycles. The first-order valence-electron chi connectivity index (χ1n) is 6.54. The number of aromatic nitrogens is 1. The topological polar surface area (TPSA) is 77.5 Å². The lowest BCUT2D eigenvalue weighted by atomic mass is 10.1. The number of amides is 1. The van der Waals surface area contributed by atoms with Gasteiger partial charge in [0.2, 0.25) is 0 Å². The molecule has 0 bridgehead atoms. The molecule has 1 aromatic heterocycles. The van der Waals surface area contributed by atoms with Crippen LogP contribution in [0.1, 0.15) is 17.4 Å². The quantitative estimate of drug-likeness (QED) is 0.826. The maximum Gasteiger partial charge on any atom is 0.311 e. The normalized spacial score (nSPS) is 11.7. The number of thiazole rings is 1. The van der Waals surface area contributed by atoms with E-state index in [1.807, 2.05) is 30.3 Å². The molecular formula is C15H16N2O4S. The molecule has 1 amide bonds. The average Bonchev–Trinajstić information content (AvgIpc) is 2.96. The Kier molecular flexibility index (Phi) is 5.62. The lowest BCUT2D eigenvalue weighted by Crippen LogP contribution is -2.22. The minimum atomic E-state index is -0.714. The molecule has 0 spiro atoms. The summed E-state index contributed by atoms with van der Waals surface area (Å²) in [7, 11) is 2.79. The van der Waals surface area contributed by atoms with Crippen molar-refractivity contribution in [1.29, 1.82) is 0 Å². The first-order chi connectivity index (χ1) is 10.6. The number of hydrogen-bond acceptors (Lipinski definition) is 6. The number of rotatable bonds is 6. The standard InChI is InChI=1S/C15H16N2O4S/c1-20-12(18)8-11-9-22-15(16-11)17-14(19)13(21-2)10-6-4-3-5-7-10/h3-7,9,13H,8H2,1-2H3,(H,16,17,19)/t13-/m0/s1. The highest BCUT2D eigenvalue weighted by Crippen LogP contribution is 2.21. The molecule has 0 unspecified atom stereocenters. The Morgan fingerprint density at radius 3 is 2.64 bits per heavy atom. The Morgan fingerprint density at radius 2 is 2.00 bits per heavy atom. The van der Waals surface area contributed by atoms with Gasteiger partial charge in [-0.1, -0.05) is 30.3 Å². The monoisotopic (exact) mass is 320 g/mol. The lowest BCUT2D eigenvalue weighted by Gasteiger charge is -2.14. The molecule has 0 saturated heterocycles. The van der Waals surface area contributed by atoms with E-state index in [-0.39, 0.29) is 18.3 Å². The molecule has 2 aromatic rings. The highest BCUT2D eigenvalue weighted by atomic mass is 32.1. The van der Waals surface area contributed by atoms with Crippen molar-refractivity contribution in [2.45, 2.75) is 12.5 Å². The van der Waals surface area contributed by atoms with Crippen molar-refractivity contribution in [2.75, 3.05) is 19.5 Å². The van der Waals surface area contributed by atoms with E-state index >= 15 is 0 Å². The molecule has 22 heavy (non-hydrogen) atoms. The Hall–Kier alpha value is -2.25. The van der Waals surface area contributed by atoms with Crippen molar-refractivity contribution in [3.63, 3.8) is 0 Å². The molecule has 7 heteroatoms. The molecular weight excluding hydrogens is 304 g/mol. The molecule has 1 N–H and O–H groups in total. The number of hydrogen-bond donors (Lipinski definition) is 1. The summed E-state index contributed by atoms with van der Waals surface area (Å²) in [6.07, 6.45) is -0.635. The summed E-state index contributed by atoms with van der Waals surface area (Å²) in [6.45, 7) is 0. The molecule has 0 saturated carbocycles. The van der Waals surface area contributed by atoms with E-state index in [4.69, 9.17) is 4.74 Å². The number of benzene rings is 1. The SMILES string of the molecule is COC(=O)Cc1csc(NC(=O)[C@@H](OC)c2ccccc2)n1. The summed E-state index contributed by atoms with van der Waals surface area (Å²) in [6, 6.07) is 9.18. The van der Waals surface area contributed by atoms with Gasteiger partial charge in [0.25, 0.3) is 5.91 Å². The van der Waals surface area contributed by atoms with Crippen molar-refractivity contribution < 1.29 is 19.1 Å². The van der Waals surface area contributed by atoms with Gasteiger partial charge in [0.05, 0.1) is 19.2 Å². The number of carbonyl (C=O) groups excluding carboxylic acids is 2. The molecule has 0 aliphatic carbocycles. The zero-order chi connectivity index (χ0) is 15.9. The van der Waals surface area contributed by atoms with Crippen LogP contribution in [0.15, 0.2) is 35.7 Å². The number of anilines is 1. The fourth-order valence-corrected chi connectivity index (χ4v) is 2.57. The summed E-state index contributed by atoms with van der Waals surface area (Å²) < 4.78 is 9.83. The van der Waals surface area contributed by atoms with Crippen LogP contribution in [0.25, 0.3) is 0 Å². The second-order valence-corrected chi connectivity index (χ2v) is 5.27. The Balaban J connectivity index is 2.03. The van der Waals surface area contributed by atoms with Crippen LogP contribution in [0.3, 0.4) is 0 Å². The second-order valence-electron chi connectivity index (χ2n) is 4.41. The molecule has 1 aromatic carbocycles. The van der Waals surface area contributed by atoms with E-state index in [1.54, 1.807) is 5.38 Å². The average molecular weight is 320 g/mol. The number of ether oxygens (including phenoxy) is 2. The first-order valence-corrected chi connectivity index (χ1v) is 7.42. The number of nitrogens with zero attached hydrogens (tertiary/aromatic N) is 1. The molecule has 0 aliphatic rings. The van der Waals surface area contributed by atoms with Crippen molar-refractivity contribution in [1.82, 2.24) is 4.98 Å². The van der Waals surface area contributed by atoms with Crippen molar-refractivity contribution in [3.05, 3.63) is 47.0 Å².